The van der Waals surface area contributed by atoms with Crippen LogP contribution < -0.4 is 0 Å². The zero-order valence-corrected chi connectivity index (χ0v) is 20.7. The first-order valence-corrected chi connectivity index (χ1v) is 14.5. The highest BCUT2D eigenvalue weighted by Crippen LogP contribution is 2.70. The highest BCUT2D eigenvalue weighted by atomic mass is 16.6. The van der Waals surface area contributed by atoms with Crippen molar-refractivity contribution >= 4 is 11.9 Å². The second-order valence-corrected chi connectivity index (χ2v) is 14.3. The second-order valence-electron chi connectivity index (χ2n) is 14.3. The molecule has 0 heterocycles. The monoisotopic (exact) mass is 464 g/mol. The van der Waals surface area contributed by atoms with Crippen molar-refractivity contribution in [2.75, 3.05) is 6.61 Å². The molecule has 8 aliphatic carbocycles. The molecule has 0 spiro atoms. The van der Waals surface area contributed by atoms with E-state index in [1.807, 2.05) is 0 Å². The van der Waals surface area contributed by atoms with Crippen molar-refractivity contribution in [3.05, 3.63) is 12.2 Å². The van der Waals surface area contributed by atoms with Crippen molar-refractivity contribution in [2.24, 2.45) is 82.9 Å². The van der Waals surface area contributed by atoms with Crippen LogP contribution in [0.5, 0.6) is 0 Å². The maximum Gasteiger partial charge on any atom is 0.344 e. The Bertz CT molecular complexity index is 951. The molecule has 0 N–H and O–H groups in total. The lowest BCUT2D eigenvalue weighted by Crippen LogP contribution is -2.45. The number of allylic oxidation sites excluding steroid dienone is 2. The van der Waals surface area contributed by atoms with Crippen LogP contribution in [0.15, 0.2) is 12.2 Å². The van der Waals surface area contributed by atoms with Crippen molar-refractivity contribution in [2.45, 2.75) is 70.8 Å². The lowest BCUT2D eigenvalue weighted by molar-refractivity contribution is -0.177. The lowest BCUT2D eigenvalue weighted by Gasteiger charge is -2.44. The first kappa shape index (κ1) is 20.8. The van der Waals surface area contributed by atoms with Gasteiger partial charge in [0.1, 0.15) is 5.60 Å². The molecule has 0 radical (unpaired) electrons. The molecular weight excluding hydrogens is 424 g/mol. The fraction of sp³-hybridized carbons (Fsp3) is 0.867. The van der Waals surface area contributed by atoms with E-state index < -0.39 is 5.60 Å². The first-order chi connectivity index (χ1) is 16.4. The summed E-state index contributed by atoms with van der Waals surface area (Å²) < 4.78 is 11.7. The number of hydrogen-bond donors (Lipinski definition) is 0. The molecule has 184 valence electrons. The molecule has 0 amide bonds. The Hall–Kier alpha value is -1.32. The maximum absolute atomic E-state index is 13.0. The normalized spacial score (nSPS) is 54.6. The van der Waals surface area contributed by atoms with Gasteiger partial charge in [0.05, 0.1) is 5.92 Å². The zero-order chi connectivity index (χ0) is 22.9. The fourth-order valence-corrected chi connectivity index (χ4v) is 12.3. The van der Waals surface area contributed by atoms with Crippen LogP contribution in [0, 0.1) is 82.9 Å². The van der Waals surface area contributed by atoms with Crippen molar-refractivity contribution < 1.29 is 19.1 Å². The third kappa shape index (κ3) is 2.67. The minimum atomic E-state index is -0.467. The smallest absolute Gasteiger partial charge is 0.344 e. The molecule has 8 rings (SSSR count). The van der Waals surface area contributed by atoms with Crippen molar-refractivity contribution in [1.82, 2.24) is 0 Å². The van der Waals surface area contributed by atoms with Gasteiger partial charge in [0, 0.05) is 5.92 Å². The van der Waals surface area contributed by atoms with Crippen LogP contribution in [0.4, 0.5) is 0 Å². The Labute approximate surface area is 203 Å². The van der Waals surface area contributed by atoms with Gasteiger partial charge in [-0.3, -0.25) is 4.79 Å². The van der Waals surface area contributed by atoms with Crippen LogP contribution in [-0.2, 0) is 19.1 Å². The number of hydrogen-bond acceptors (Lipinski definition) is 4. The summed E-state index contributed by atoms with van der Waals surface area (Å²) in [5, 5.41) is 0. The van der Waals surface area contributed by atoms with Crippen molar-refractivity contribution in [1.29, 1.82) is 0 Å². The van der Waals surface area contributed by atoms with Gasteiger partial charge in [-0.25, -0.2) is 4.79 Å². The third-order valence-corrected chi connectivity index (χ3v) is 12.9. The van der Waals surface area contributed by atoms with Crippen molar-refractivity contribution in [3.63, 3.8) is 0 Å². The lowest BCUT2D eigenvalue weighted by atomic mass is 9.64. The van der Waals surface area contributed by atoms with Gasteiger partial charge >= 0.3 is 11.9 Å². The van der Waals surface area contributed by atoms with Gasteiger partial charge < -0.3 is 9.47 Å². The molecule has 0 aromatic heterocycles. The maximum atomic E-state index is 13.0. The summed E-state index contributed by atoms with van der Waals surface area (Å²) >= 11 is 0. The fourth-order valence-electron chi connectivity index (χ4n) is 12.3. The number of carbonyl (C=O) groups excluding carboxylic acids is 2. The standard InChI is InChI=1S/C30H40O4/c1-30(2,23-12-19-11-22(23)28-17-6-4-15(8-17)26(19)28)34-24(31)13-33-29(32)21-10-18-9-20(21)27-16-5-3-14(7-16)25(18)27/h3,5,14-23,25-28H,4,6-13H2,1-2H3. The summed E-state index contributed by atoms with van der Waals surface area (Å²) in [7, 11) is 0. The van der Waals surface area contributed by atoms with E-state index in [9.17, 15) is 9.59 Å². The summed E-state index contributed by atoms with van der Waals surface area (Å²) in [6.45, 7) is 4.01. The molecule has 0 aliphatic heterocycles. The van der Waals surface area contributed by atoms with E-state index in [4.69, 9.17) is 9.47 Å². The Balaban J connectivity index is 0.879. The summed E-state index contributed by atoms with van der Waals surface area (Å²) in [5.41, 5.74) is -0.467. The van der Waals surface area contributed by atoms with Gasteiger partial charge in [-0.1, -0.05) is 12.2 Å². The molecule has 7 saturated carbocycles. The number of carbonyl (C=O) groups is 2. The molecule has 0 saturated heterocycles. The minimum absolute atomic E-state index is 0.0000921. The molecule has 0 aromatic rings. The molecule has 4 heteroatoms. The molecule has 14 unspecified atom stereocenters. The van der Waals surface area contributed by atoms with Gasteiger partial charge in [0.15, 0.2) is 6.61 Å². The molecule has 8 bridgehead atoms. The van der Waals surface area contributed by atoms with Crippen LogP contribution in [0.2, 0.25) is 0 Å². The highest BCUT2D eigenvalue weighted by molar-refractivity contribution is 5.78. The van der Waals surface area contributed by atoms with E-state index in [0.29, 0.717) is 29.6 Å². The Kier molecular flexibility index (Phi) is 4.24. The Morgan fingerprint density at radius 1 is 0.765 bits per heavy atom. The molecular formula is C30H40O4. The SMILES string of the molecule is CC(C)(OC(=O)COC(=O)C1CC2CC1C1C3C=CC(C3)C21)C1CC2CC1C1C3CCC(C3)C21. The van der Waals surface area contributed by atoms with Gasteiger partial charge in [0.25, 0.3) is 0 Å². The van der Waals surface area contributed by atoms with Crippen LogP contribution >= 0.6 is 0 Å². The van der Waals surface area contributed by atoms with E-state index in [1.165, 1.54) is 44.9 Å². The molecule has 7 fully saturated rings. The molecule has 4 nitrogen and oxygen atoms in total. The van der Waals surface area contributed by atoms with E-state index >= 15 is 0 Å². The molecule has 8 aliphatic rings. The van der Waals surface area contributed by atoms with Crippen LogP contribution in [0.1, 0.15) is 65.2 Å². The van der Waals surface area contributed by atoms with E-state index in [1.54, 1.807) is 0 Å². The first-order valence-electron chi connectivity index (χ1n) is 14.5. The number of rotatable bonds is 5. The predicted octanol–water partition coefficient (Wildman–Crippen LogP) is 5.26. The zero-order valence-electron chi connectivity index (χ0n) is 20.7. The minimum Gasteiger partial charge on any atom is -0.457 e. The average molecular weight is 465 g/mol. The summed E-state index contributed by atoms with van der Waals surface area (Å²) in [6, 6.07) is 0. The van der Waals surface area contributed by atoms with E-state index in [-0.39, 0.29) is 24.5 Å². The van der Waals surface area contributed by atoms with Crippen LogP contribution in [0.3, 0.4) is 0 Å². The topological polar surface area (TPSA) is 52.6 Å². The molecule has 0 aromatic carbocycles. The van der Waals surface area contributed by atoms with Gasteiger partial charge in [-0.2, -0.15) is 0 Å². The van der Waals surface area contributed by atoms with Gasteiger partial charge in [-0.05, 0) is 136 Å². The average Bonchev–Trinajstić information content (AvgIpc) is 3.64. The van der Waals surface area contributed by atoms with Gasteiger partial charge in [-0.15, -0.1) is 0 Å². The quantitative estimate of drug-likeness (QED) is 0.316. The number of esters is 2. The molecule has 34 heavy (non-hydrogen) atoms. The molecule has 14 atom stereocenters. The van der Waals surface area contributed by atoms with Crippen LogP contribution in [-0.4, -0.2) is 24.1 Å². The van der Waals surface area contributed by atoms with E-state index in [0.717, 1.165) is 53.8 Å². The van der Waals surface area contributed by atoms with E-state index in [2.05, 4.69) is 26.0 Å². The van der Waals surface area contributed by atoms with Gasteiger partial charge in [0.2, 0.25) is 0 Å². The Morgan fingerprint density at radius 2 is 1.47 bits per heavy atom. The van der Waals surface area contributed by atoms with Crippen LogP contribution in [0.25, 0.3) is 0 Å². The second kappa shape index (κ2) is 6.91. The number of ether oxygens (including phenoxy) is 2. The van der Waals surface area contributed by atoms with Crippen molar-refractivity contribution in [3.8, 4) is 0 Å². The predicted molar refractivity (Wildman–Crippen MR) is 126 cm³/mol. The highest BCUT2D eigenvalue weighted by Gasteiger charge is 2.65. The summed E-state index contributed by atoms with van der Waals surface area (Å²) in [5.74, 6) is 9.45. The summed E-state index contributed by atoms with van der Waals surface area (Å²) in [4.78, 5) is 25.8. The third-order valence-electron chi connectivity index (χ3n) is 12.9. The number of fused-ring (bicyclic) bond motifs is 18. The Morgan fingerprint density at radius 3 is 2.29 bits per heavy atom. The largest absolute Gasteiger partial charge is 0.457 e. The summed E-state index contributed by atoms with van der Waals surface area (Å²) in [6.07, 6.45) is 15.2.